The number of rotatable bonds is 10. The van der Waals surface area contributed by atoms with Crippen molar-refractivity contribution in [2.75, 3.05) is 24.1 Å². The van der Waals surface area contributed by atoms with Crippen molar-refractivity contribution in [2.24, 2.45) is 0 Å². The molecule has 1 heterocycles. The SMILES string of the molecule is CC(C(=O)NC1CCCC1)N(Cc1c(Cl)cccc1Cl)C(=O)CN(c1ccc2c(c1)OCCO2)S(=O)(=O)c1ccccc1. The van der Waals surface area contributed by atoms with Crippen molar-refractivity contribution in [3.63, 3.8) is 0 Å². The van der Waals surface area contributed by atoms with Crippen LogP contribution in [-0.2, 0) is 26.2 Å². The molecule has 2 amide bonds. The number of anilines is 1. The summed E-state index contributed by atoms with van der Waals surface area (Å²) >= 11 is 12.9. The second kappa shape index (κ2) is 13.4. The van der Waals surface area contributed by atoms with Crippen molar-refractivity contribution in [2.45, 2.75) is 56.1 Å². The molecule has 2 aliphatic rings. The van der Waals surface area contributed by atoms with Crippen LogP contribution in [0.5, 0.6) is 11.5 Å². The van der Waals surface area contributed by atoms with E-state index in [0.29, 0.717) is 40.3 Å². The van der Waals surface area contributed by atoms with E-state index in [-0.39, 0.29) is 29.1 Å². The smallest absolute Gasteiger partial charge is 0.264 e. The zero-order valence-electron chi connectivity index (χ0n) is 23.7. The molecule has 1 saturated carbocycles. The molecule has 3 aromatic rings. The van der Waals surface area contributed by atoms with E-state index in [1.54, 1.807) is 55.5 Å². The number of carbonyl (C=O) groups excluding carboxylic acids is 2. The standard InChI is InChI=1S/C31H33Cl2N3O6S/c1-21(31(38)34-22-8-5-6-9-22)35(19-25-26(32)12-7-13-27(25)33)30(37)20-36(43(39,40)24-10-3-2-4-11-24)23-14-15-28-29(18-23)42-17-16-41-28/h2-4,7,10-15,18,21-22H,5-6,8-9,16-17,19-20H2,1H3,(H,34,38). The molecule has 0 saturated heterocycles. The van der Waals surface area contributed by atoms with Gasteiger partial charge in [0, 0.05) is 34.3 Å². The van der Waals surface area contributed by atoms with Crippen LogP contribution in [0.3, 0.4) is 0 Å². The highest BCUT2D eigenvalue weighted by Gasteiger charge is 2.34. The Kier molecular flexibility index (Phi) is 9.68. The number of hydrogen-bond acceptors (Lipinski definition) is 6. The van der Waals surface area contributed by atoms with E-state index in [2.05, 4.69) is 5.32 Å². The monoisotopic (exact) mass is 645 g/mol. The van der Waals surface area contributed by atoms with Crippen LogP contribution in [-0.4, -0.2) is 57.0 Å². The molecule has 0 bridgehead atoms. The number of ether oxygens (including phenoxy) is 2. The van der Waals surface area contributed by atoms with Crippen LogP contribution in [0.25, 0.3) is 0 Å². The van der Waals surface area contributed by atoms with Gasteiger partial charge in [-0.15, -0.1) is 0 Å². The van der Waals surface area contributed by atoms with Crippen LogP contribution >= 0.6 is 23.2 Å². The van der Waals surface area contributed by atoms with Crippen molar-refractivity contribution in [3.05, 3.63) is 82.3 Å². The topological polar surface area (TPSA) is 105 Å². The predicted molar refractivity (Wildman–Crippen MR) is 165 cm³/mol. The van der Waals surface area contributed by atoms with Gasteiger partial charge in [-0.2, -0.15) is 0 Å². The summed E-state index contributed by atoms with van der Waals surface area (Å²) in [5.74, 6) is -0.0984. The molecule has 3 aromatic carbocycles. The summed E-state index contributed by atoms with van der Waals surface area (Å²) in [6.45, 7) is 1.60. The van der Waals surface area contributed by atoms with Gasteiger partial charge in [0.1, 0.15) is 25.8 Å². The Morgan fingerprint density at radius 1 is 0.930 bits per heavy atom. The summed E-state index contributed by atoms with van der Waals surface area (Å²) < 4.78 is 40.4. The van der Waals surface area contributed by atoms with Gasteiger partial charge in [0.2, 0.25) is 11.8 Å². The van der Waals surface area contributed by atoms with Gasteiger partial charge in [-0.05, 0) is 56.2 Å². The van der Waals surface area contributed by atoms with E-state index >= 15 is 0 Å². The molecule has 1 fully saturated rings. The highest BCUT2D eigenvalue weighted by Crippen LogP contribution is 2.36. The molecule has 9 nitrogen and oxygen atoms in total. The van der Waals surface area contributed by atoms with Crippen LogP contribution < -0.4 is 19.1 Å². The van der Waals surface area contributed by atoms with Crippen molar-refractivity contribution in [1.29, 1.82) is 0 Å². The number of hydrogen-bond donors (Lipinski definition) is 1. The van der Waals surface area contributed by atoms with Gasteiger partial charge < -0.3 is 19.7 Å². The molecule has 1 N–H and O–H groups in total. The Morgan fingerprint density at radius 3 is 2.26 bits per heavy atom. The average Bonchev–Trinajstić information content (AvgIpc) is 3.52. The summed E-state index contributed by atoms with van der Waals surface area (Å²) in [7, 11) is -4.23. The minimum atomic E-state index is -4.23. The van der Waals surface area contributed by atoms with Gasteiger partial charge in [0.05, 0.1) is 10.6 Å². The average molecular weight is 647 g/mol. The lowest BCUT2D eigenvalue weighted by atomic mass is 10.1. The van der Waals surface area contributed by atoms with Gasteiger partial charge in [-0.25, -0.2) is 8.42 Å². The molecule has 0 aromatic heterocycles. The Labute approximate surface area is 261 Å². The quantitative estimate of drug-likeness (QED) is 0.315. The molecule has 1 aliphatic carbocycles. The normalized spacial score (nSPS) is 15.5. The molecule has 1 atom stereocenters. The van der Waals surface area contributed by atoms with Crippen molar-refractivity contribution in [1.82, 2.24) is 10.2 Å². The molecule has 12 heteroatoms. The third kappa shape index (κ3) is 7.03. The number of fused-ring (bicyclic) bond motifs is 1. The first-order valence-corrected chi connectivity index (χ1v) is 16.3. The third-order valence-electron chi connectivity index (χ3n) is 7.68. The number of halogens is 2. The van der Waals surface area contributed by atoms with Crippen LogP contribution in [0.2, 0.25) is 10.0 Å². The predicted octanol–water partition coefficient (Wildman–Crippen LogP) is 5.44. The van der Waals surface area contributed by atoms with E-state index in [1.165, 1.54) is 23.1 Å². The number of benzene rings is 3. The van der Waals surface area contributed by atoms with E-state index in [9.17, 15) is 18.0 Å². The highest BCUT2D eigenvalue weighted by molar-refractivity contribution is 7.92. The fourth-order valence-electron chi connectivity index (χ4n) is 5.26. The lowest BCUT2D eigenvalue weighted by molar-refractivity contribution is -0.139. The Hall–Kier alpha value is -3.47. The lowest BCUT2D eigenvalue weighted by Gasteiger charge is -2.33. The second-order valence-electron chi connectivity index (χ2n) is 10.5. The van der Waals surface area contributed by atoms with Gasteiger partial charge in [-0.3, -0.25) is 13.9 Å². The van der Waals surface area contributed by atoms with Gasteiger partial charge in [-0.1, -0.05) is 60.3 Å². The first-order chi connectivity index (χ1) is 20.6. The lowest BCUT2D eigenvalue weighted by Crippen LogP contribution is -2.52. The maximum atomic E-state index is 14.2. The molecule has 228 valence electrons. The summed E-state index contributed by atoms with van der Waals surface area (Å²) in [4.78, 5) is 28.9. The van der Waals surface area contributed by atoms with Gasteiger partial charge in [0.15, 0.2) is 11.5 Å². The fraction of sp³-hybridized carbons (Fsp3) is 0.355. The van der Waals surface area contributed by atoms with Crippen molar-refractivity contribution < 1.29 is 27.5 Å². The van der Waals surface area contributed by atoms with E-state index in [0.717, 1.165) is 30.0 Å². The molecule has 0 radical (unpaired) electrons. The second-order valence-corrected chi connectivity index (χ2v) is 13.2. The number of amides is 2. The van der Waals surface area contributed by atoms with Gasteiger partial charge in [0.25, 0.3) is 10.0 Å². The number of nitrogens with one attached hydrogen (secondary N) is 1. The van der Waals surface area contributed by atoms with Crippen LogP contribution in [0.15, 0.2) is 71.6 Å². The number of carbonyl (C=O) groups is 2. The van der Waals surface area contributed by atoms with E-state index in [1.807, 2.05) is 0 Å². The molecule has 5 rings (SSSR count). The zero-order valence-corrected chi connectivity index (χ0v) is 26.0. The Balaban J connectivity index is 1.51. The molecular formula is C31H33Cl2N3O6S. The maximum absolute atomic E-state index is 14.2. The van der Waals surface area contributed by atoms with Crippen molar-refractivity contribution in [3.8, 4) is 11.5 Å². The molecule has 43 heavy (non-hydrogen) atoms. The third-order valence-corrected chi connectivity index (χ3v) is 10.2. The van der Waals surface area contributed by atoms with E-state index in [4.69, 9.17) is 32.7 Å². The summed E-state index contributed by atoms with van der Waals surface area (Å²) in [6, 6.07) is 16.6. The maximum Gasteiger partial charge on any atom is 0.264 e. The molecule has 1 unspecified atom stereocenters. The summed E-state index contributed by atoms with van der Waals surface area (Å²) in [5.41, 5.74) is 0.664. The first-order valence-electron chi connectivity index (χ1n) is 14.2. The summed E-state index contributed by atoms with van der Waals surface area (Å²) in [6.07, 6.45) is 3.80. The zero-order chi connectivity index (χ0) is 30.6. The molecule has 0 spiro atoms. The van der Waals surface area contributed by atoms with E-state index < -0.39 is 28.5 Å². The Bertz CT molecular complexity index is 1560. The van der Waals surface area contributed by atoms with Crippen LogP contribution in [0.4, 0.5) is 5.69 Å². The minimum absolute atomic E-state index is 0.00501. The van der Waals surface area contributed by atoms with Crippen molar-refractivity contribution >= 4 is 50.7 Å². The fourth-order valence-corrected chi connectivity index (χ4v) is 7.21. The van der Waals surface area contributed by atoms with Gasteiger partial charge >= 0.3 is 0 Å². The van der Waals surface area contributed by atoms with Crippen LogP contribution in [0, 0.1) is 0 Å². The molecular weight excluding hydrogens is 613 g/mol. The summed E-state index contributed by atoms with van der Waals surface area (Å²) in [5, 5.41) is 3.70. The number of sulfonamides is 1. The number of nitrogens with zero attached hydrogens (tertiary/aromatic N) is 2. The van der Waals surface area contributed by atoms with Crippen LogP contribution in [0.1, 0.15) is 38.2 Å². The largest absolute Gasteiger partial charge is 0.486 e. The molecule has 1 aliphatic heterocycles. The Morgan fingerprint density at radius 2 is 1.58 bits per heavy atom. The highest BCUT2D eigenvalue weighted by atomic mass is 35.5. The minimum Gasteiger partial charge on any atom is -0.486 e. The first kappa shape index (κ1) is 31.0.